The largest absolute Gasteiger partial charge is 0.483 e. The van der Waals surface area contributed by atoms with Crippen molar-refractivity contribution < 1.29 is 23.1 Å². The van der Waals surface area contributed by atoms with Gasteiger partial charge >= 0.3 is 11.6 Å². The quantitative estimate of drug-likeness (QED) is 0.303. The number of nitrogens with one attached hydrogen (secondary N) is 3. The molecule has 0 aliphatic carbocycles. The second-order valence-corrected chi connectivity index (χ2v) is 8.79. The van der Waals surface area contributed by atoms with Crippen molar-refractivity contribution in [1.29, 1.82) is 0 Å². The molecule has 0 fully saturated rings. The maximum Gasteiger partial charge on any atom is 0.350 e. The molecular formula is C25H27ClF2N6O5. The number of nitrogens with zero attached hydrogens (tertiary/aromatic N) is 3. The molecule has 1 aromatic carbocycles. The summed E-state index contributed by atoms with van der Waals surface area (Å²) in [7, 11) is 0. The first-order valence-corrected chi connectivity index (χ1v) is 12.2. The molecule has 0 saturated carbocycles. The van der Waals surface area contributed by atoms with Gasteiger partial charge in [-0.1, -0.05) is 17.7 Å². The molecule has 0 atom stereocenters. The van der Waals surface area contributed by atoms with E-state index in [4.69, 9.17) is 16.3 Å². The van der Waals surface area contributed by atoms with Gasteiger partial charge in [-0.2, -0.15) is 13.5 Å². The van der Waals surface area contributed by atoms with E-state index in [1.807, 2.05) is 0 Å². The Hall–Kier alpha value is -4.26. The van der Waals surface area contributed by atoms with Gasteiger partial charge in [-0.25, -0.2) is 4.79 Å². The van der Waals surface area contributed by atoms with E-state index in [-0.39, 0.29) is 24.8 Å². The van der Waals surface area contributed by atoms with Gasteiger partial charge in [-0.3, -0.25) is 23.9 Å². The van der Waals surface area contributed by atoms with Crippen LogP contribution in [0, 0.1) is 6.92 Å². The number of pyridine rings is 1. The topological polar surface area (TPSA) is 136 Å². The zero-order valence-electron chi connectivity index (χ0n) is 21.2. The third-order valence-electron chi connectivity index (χ3n) is 5.43. The minimum Gasteiger partial charge on any atom is -0.483 e. The summed E-state index contributed by atoms with van der Waals surface area (Å²) >= 11 is 6.06. The molecule has 0 aliphatic rings. The summed E-state index contributed by atoms with van der Waals surface area (Å²) in [5, 5.41) is 5.60. The third kappa shape index (κ3) is 7.87. The number of alkyl halides is 2. The lowest BCUT2D eigenvalue weighted by molar-refractivity contribution is -0.123. The van der Waals surface area contributed by atoms with E-state index in [2.05, 4.69) is 21.0 Å². The molecule has 0 saturated heterocycles. The van der Waals surface area contributed by atoms with Crippen LogP contribution in [0.25, 0.3) is 0 Å². The zero-order chi connectivity index (χ0) is 28.6. The summed E-state index contributed by atoms with van der Waals surface area (Å²) in [4.78, 5) is 53.3. The number of hydrogen-bond donors (Lipinski definition) is 3. The van der Waals surface area contributed by atoms with E-state index in [0.717, 1.165) is 16.7 Å². The maximum atomic E-state index is 14.5. The normalized spacial score (nSPS) is 11.1. The van der Waals surface area contributed by atoms with Crippen LogP contribution in [-0.2, 0) is 28.6 Å². The number of amides is 2. The van der Waals surface area contributed by atoms with Crippen molar-refractivity contribution in [1.82, 2.24) is 24.9 Å². The van der Waals surface area contributed by atoms with Crippen LogP contribution in [0.2, 0.25) is 5.02 Å². The predicted molar refractivity (Wildman–Crippen MR) is 140 cm³/mol. The molecule has 208 valence electrons. The molecule has 2 amide bonds. The number of ether oxygens (including phenoxy) is 1. The fraction of sp³-hybridized carbons (Fsp3) is 0.320. The first-order chi connectivity index (χ1) is 18.5. The molecule has 0 aliphatic heterocycles. The van der Waals surface area contributed by atoms with Gasteiger partial charge in [0, 0.05) is 41.6 Å². The van der Waals surface area contributed by atoms with Crippen LogP contribution in [0.15, 0.2) is 58.3 Å². The minimum absolute atomic E-state index is 0.0495. The Balaban J connectivity index is 1.71. The molecular weight excluding hydrogens is 538 g/mol. The Morgan fingerprint density at radius 1 is 1.10 bits per heavy atom. The SMILES string of the molecule is CCNC(=O)COc1ccc(Cl)cc1CNC(=O)Cn1c(C)cc(=O)n(NCC(F)(F)c2ccccn2)c1=O. The lowest BCUT2D eigenvalue weighted by atomic mass is 10.2. The van der Waals surface area contributed by atoms with Gasteiger partial charge in [0.05, 0.1) is 0 Å². The summed E-state index contributed by atoms with van der Waals surface area (Å²) in [6, 6.07) is 9.72. The molecule has 3 N–H and O–H groups in total. The summed E-state index contributed by atoms with van der Waals surface area (Å²) < 4.78 is 35.9. The lowest BCUT2D eigenvalue weighted by Gasteiger charge is -2.19. The summed E-state index contributed by atoms with van der Waals surface area (Å²) in [5.41, 5.74) is 0.389. The van der Waals surface area contributed by atoms with Crippen molar-refractivity contribution in [2.75, 3.05) is 25.1 Å². The molecule has 14 heteroatoms. The van der Waals surface area contributed by atoms with Crippen LogP contribution in [0.1, 0.15) is 23.9 Å². The molecule has 2 aromatic heterocycles. The van der Waals surface area contributed by atoms with Gasteiger partial charge < -0.3 is 20.8 Å². The Morgan fingerprint density at radius 2 is 1.87 bits per heavy atom. The summed E-state index contributed by atoms with van der Waals surface area (Å²) in [6.45, 7) is 1.78. The average molecular weight is 565 g/mol. The highest BCUT2D eigenvalue weighted by molar-refractivity contribution is 6.30. The minimum atomic E-state index is -3.48. The molecule has 2 heterocycles. The molecule has 11 nitrogen and oxygen atoms in total. The number of rotatable bonds is 12. The highest BCUT2D eigenvalue weighted by Crippen LogP contribution is 2.25. The van der Waals surface area contributed by atoms with Gasteiger partial charge in [-0.05, 0) is 44.2 Å². The number of hydrogen-bond acceptors (Lipinski definition) is 7. The lowest BCUT2D eigenvalue weighted by Crippen LogP contribution is -2.48. The van der Waals surface area contributed by atoms with Crippen LogP contribution in [0.3, 0.4) is 0 Å². The highest BCUT2D eigenvalue weighted by Gasteiger charge is 2.33. The molecule has 39 heavy (non-hydrogen) atoms. The van der Waals surface area contributed by atoms with E-state index in [1.165, 1.54) is 25.3 Å². The first-order valence-electron chi connectivity index (χ1n) is 11.8. The second kappa shape index (κ2) is 13.0. The Bertz CT molecular complexity index is 1450. The molecule has 0 bridgehead atoms. The number of carbonyl (C=O) groups is 2. The molecule has 0 radical (unpaired) electrons. The van der Waals surface area contributed by atoms with Gasteiger partial charge in [0.2, 0.25) is 5.91 Å². The van der Waals surface area contributed by atoms with Crippen molar-refractivity contribution in [2.45, 2.75) is 32.9 Å². The average Bonchev–Trinajstić information content (AvgIpc) is 2.89. The number of carbonyl (C=O) groups excluding carboxylic acids is 2. The highest BCUT2D eigenvalue weighted by atomic mass is 35.5. The zero-order valence-corrected chi connectivity index (χ0v) is 21.9. The Labute approximate surface area is 226 Å². The van der Waals surface area contributed by atoms with Crippen molar-refractivity contribution >= 4 is 23.4 Å². The van der Waals surface area contributed by atoms with Crippen molar-refractivity contribution in [2.24, 2.45) is 0 Å². The fourth-order valence-corrected chi connectivity index (χ4v) is 3.68. The Morgan fingerprint density at radius 3 is 2.56 bits per heavy atom. The Kier molecular flexibility index (Phi) is 9.77. The number of halogens is 3. The van der Waals surface area contributed by atoms with Crippen molar-refractivity contribution in [3.8, 4) is 5.75 Å². The second-order valence-electron chi connectivity index (χ2n) is 8.35. The van der Waals surface area contributed by atoms with E-state index >= 15 is 0 Å². The fourth-order valence-electron chi connectivity index (χ4n) is 3.48. The number of likely N-dealkylation sites (N-methyl/N-ethyl adjacent to an activating group) is 1. The third-order valence-corrected chi connectivity index (χ3v) is 5.67. The molecule has 3 rings (SSSR count). The van der Waals surface area contributed by atoms with E-state index < -0.39 is 41.9 Å². The van der Waals surface area contributed by atoms with Gasteiger partial charge in [0.1, 0.15) is 24.5 Å². The molecule has 3 aromatic rings. The molecule has 0 unspecified atom stereocenters. The van der Waals surface area contributed by atoms with Gasteiger partial charge in [0.25, 0.3) is 11.5 Å². The van der Waals surface area contributed by atoms with Crippen molar-refractivity contribution in [3.05, 3.63) is 91.5 Å². The molecule has 0 spiro atoms. The number of aromatic nitrogens is 3. The van der Waals surface area contributed by atoms with Crippen LogP contribution < -0.4 is 32.0 Å². The number of aryl methyl sites for hydroxylation is 1. The summed E-state index contributed by atoms with van der Waals surface area (Å²) in [6.07, 6.45) is 1.20. The van der Waals surface area contributed by atoms with E-state index in [0.29, 0.717) is 27.6 Å². The van der Waals surface area contributed by atoms with E-state index in [9.17, 15) is 28.0 Å². The monoisotopic (exact) mass is 564 g/mol. The van der Waals surface area contributed by atoms with Crippen LogP contribution in [0.5, 0.6) is 5.75 Å². The van der Waals surface area contributed by atoms with Crippen LogP contribution in [-0.4, -0.2) is 45.7 Å². The summed E-state index contributed by atoms with van der Waals surface area (Å²) in [5.74, 6) is -4.09. The smallest absolute Gasteiger partial charge is 0.350 e. The van der Waals surface area contributed by atoms with Crippen LogP contribution in [0.4, 0.5) is 8.78 Å². The van der Waals surface area contributed by atoms with E-state index in [1.54, 1.807) is 25.1 Å². The van der Waals surface area contributed by atoms with Gasteiger partial charge in [0.15, 0.2) is 6.61 Å². The van der Waals surface area contributed by atoms with Crippen molar-refractivity contribution in [3.63, 3.8) is 0 Å². The number of benzene rings is 1. The standard InChI is InChI=1S/C25H27ClF2N6O5/c1-3-29-22(36)14-39-19-8-7-18(26)11-17(19)12-31-21(35)13-33-16(2)10-23(37)34(24(33)38)32-15-25(27,28)20-6-4-5-9-30-20/h4-11,32H,3,12-15H2,1-2H3,(H,29,36)(H,31,35). The first kappa shape index (κ1) is 29.3. The predicted octanol–water partition coefficient (Wildman–Crippen LogP) is 1.53. The maximum absolute atomic E-state index is 14.5. The van der Waals surface area contributed by atoms with Gasteiger partial charge in [-0.15, -0.1) is 0 Å². The van der Waals surface area contributed by atoms with Crippen LogP contribution >= 0.6 is 11.6 Å².